The third kappa shape index (κ3) is 6.88. The van der Waals surface area contributed by atoms with Gasteiger partial charge < -0.3 is 5.32 Å². The maximum Gasteiger partial charge on any atom is 0.164 e. The molecule has 0 aliphatic carbocycles. The summed E-state index contributed by atoms with van der Waals surface area (Å²) < 4.78 is 2.54. The molecule has 2 N–H and O–H groups in total. The molecule has 2 aromatic heterocycles. The van der Waals surface area contributed by atoms with E-state index in [9.17, 15) is 5.41 Å². The van der Waals surface area contributed by atoms with Gasteiger partial charge in [0.1, 0.15) is 0 Å². The van der Waals surface area contributed by atoms with E-state index < -0.39 is 0 Å². The maximum atomic E-state index is 9.74. The molecule has 8 aromatic carbocycles. The summed E-state index contributed by atoms with van der Waals surface area (Å²) in [5, 5.41) is 16.0. The normalized spacial score (nSPS) is 13.0. The Morgan fingerprint density at radius 2 is 0.984 bits per heavy atom. The molecule has 1 aliphatic heterocycles. The topological polar surface area (TPSA) is 74.6 Å². The van der Waals surface area contributed by atoms with Crippen LogP contribution in [-0.2, 0) is 0 Å². The van der Waals surface area contributed by atoms with E-state index in [2.05, 4.69) is 139 Å². The zero-order valence-electron chi connectivity index (χ0n) is 33.5. The van der Waals surface area contributed by atoms with Gasteiger partial charge in [-0.1, -0.05) is 188 Å². The minimum atomic E-state index is 0.421. The van der Waals surface area contributed by atoms with Crippen LogP contribution >= 0.6 is 11.3 Å². The monoisotopic (exact) mass is 811 g/mol. The van der Waals surface area contributed by atoms with Crippen LogP contribution in [0.4, 0.5) is 0 Å². The van der Waals surface area contributed by atoms with Crippen LogP contribution in [0.5, 0.6) is 0 Å². The predicted octanol–water partition coefficient (Wildman–Crippen LogP) is 13.9. The smallest absolute Gasteiger partial charge is 0.164 e. The minimum Gasteiger partial charge on any atom is -0.354 e. The molecule has 0 saturated heterocycles. The van der Waals surface area contributed by atoms with Crippen LogP contribution in [0.25, 0.3) is 88.5 Å². The highest BCUT2D eigenvalue weighted by atomic mass is 32.1. The van der Waals surface area contributed by atoms with E-state index in [-0.39, 0.29) is 0 Å². The van der Waals surface area contributed by atoms with Crippen LogP contribution in [0.3, 0.4) is 0 Å². The van der Waals surface area contributed by atoms with Crippen LogP contribution in [0, 0.1) is 5.41 Å². The van der Waals surface area contributed by atoms with Crippen molar-refractivity contribution < 1.29 is 0 Å². The average molecular weight is 812 g/mol. The lowest BCUT2D eigenvalue weighted by Gasteiger charge is -2.26. The standard InChI is InChI=1S/C56H37N5S/c57-52(38-18-6-2-7-19-38)50(53-45-25-11-10-22-42(45)35-47(58-53)36-16-4-1-5-17-36)37-30-32-40(33-31-37)55-59-54(39-20-8-3-9-21-39)60-56(61-55)43-24-14-23-41(34-43)44-27-15-29-49-51(44)46-26-12-13-28-48(46)62-49/h1-35,57-58H/b53-50-,57-52?. The van der Waals surface area contributed by atoms with Gasteiger partial charge in [-0.2, -0.15) is 0 Å². The Morgan fingerprint density at radius 3 is 1.74 bits per heavy atom. The molecule has 1 aliphatic rings. The first-order valence-electron chi connectivity index (χ1n) is 20.6. The van der Waals surface area contributed by atoms with Crippen molar-refractivity contribution in [2.24, 2.45) is 0 Å². The first-order valence-corrected chi connectivity index (χ1v) is 21.4. The number of aromatic nitrogens is 3. The van der Waals surface area contributed by atoms with E-state index in [4.69, 9.17) is 15.0 Å². The zero-order chi connectivity index (χ0) is 41.4. The second-order valence-electron chi connectivity index (χ2n) is 15.2. The van der Waals surface area contributed by atoms with Gasteiger partial charge in [0.15, 0.2) is 17.5 Å². The maximum absolute atomic E-state index is 9.74. The Kier molecular flexibility index (Phi) is 9.45. The fourth-order valence-electron chi connectivity index (χ4n) is 8.35. The molecule has 292 valence electrons. The summed E-state index contributed by atoms with van der Waals surface area (Å²) in [6.07, 6.45) is 2.18. The third-order valence-electron chi connectivity index (χ3n) is 11.4. The highest BCUT2D eigenvalue weighted by Crippen LogP contribution is 2.41. The number of hydrogen-bond donors (Lipinski definition) is 2. The summed E-state index contributed by atoms with van der Waals surface area (Å²) in [7, 11) is 0. The van der Waals surface area contributed by atoms with Gasteiger partial charge in [0.2, 0.25) is 0 Å². The Bertz CT molecular complexity index is 3370. The van der Waals surface area contributed by atoms with E-state index in [1.165, 1.54) is 25.7 Å². The molecule has 0 fully saturated rings. The van der Waals surface area contributed by atoms with Crippen molar-refractivity contribution in [1.29, 1.82) is 5.41 Å². The predicted molar refractivity (Wildman–Crippen MR) is 258 cm³/mol. The van der Waals surface area contributed by atoms with E-state index >= 15 is 0 Å². The second-order valence-corrected chi connectivity index (χ2v) is 16.3. The lowest BCUT2D eigenvalue weighted by Crippen LogP contribution is -2.20. The summed E-state index contributed by atoms with van der Waals surface area (Å²) in [5.74, 6) is 1.77. The van der Waals surface area contributed by atoms with E-state index in [1.54, 1.807) is 0 Å². The molecule has 0 unspecified atom stereocenters. The summed E-state index contributed by atoms with van der Waals surface area (Å²) in [5.41, 5.74) is 12.9. The fraction of sp³-hybridized carbons (Fsp3) is 0. The molecule has 62 heavy (non-hydrogen) atoms. The number of thiophene rings is 1. The van der Waals surface area contributed by atoms with E-state index in [0.29, 0.717) is 23.2 Å². The molecule has 11 rings (SSSR count). The Balaban J connectivity index is 1.04. The highest BCUT2D eigenvalue weighted by Gasteiger charge is 2.24. The molecule has 0 radical (unpaired) electrons. The molecule has 6 heteroatoms. The van der Waals surface area contributed by atoms with Crippen molar-refractivity contribution in [2.75, 3.05) is 0 Å². The number of nitrogens with zero attached hydrogens (tertiary/aromatic N) is 3. The number of fused-ring (bicyclic) bond motifs is 4. The van der Waals surface area contributed by atoms with Gasteiger partial charge in [-0.25, -0.2) is 15.0 Å². The quantitative estimate of drug-likeness (QED) is 0.150. The molecule has 0 saturated carbocycles. The lowest BCUT2D eigenvalue weighted by atomic mass is 9.87. The number of allylic oxidation sites excluding steroid dienone is 1. The van der Waals surface area contributed by atoms with Crippen molar-refractivity contribution in [2.45, 2.75) is 0 Å². The largest absolute Gasteiger partial charge is 0.354 e. The van der Waals surface area contributed by atoms with Crippen molar-refractivity contribution >= 4 is 60.3 Å². The van der Waals surface area contributed by atoms with Gasteiger partial charge in [-0.3, -0.25) is 5.41 Å². The van der Waals surface area contributed by atoms with Gasteiger partial charge >= 0.3 is 0 Å². The van der Waals surface area contributed by atoms with Crippen LogP contribution in [0.2, 0.25) is 0 Å². The first kappa shape index (κ1) is 37.0. The average Bonchev–Trinajstić information content (AvgIpc) is 3.74. The van der Waals surface area contributed by atoms with E-state index in [0.717, 1.165) is 67.0 Å². The van der Waals surface area contributed by atoms with Crippen molar-refractivity contribution in [3.63, 3.8) is 0 Å². The number of hydrogen-bond acceptors (Lipinski definition) is 6. The van der Waals surface area contributed by atoms with Crippen molar-refractivity contribution in [3.8, 4) is 45.3 Å². The summed E-state index contributed by atoms with van der Waals surface area (Å²) >= 11 is 1.82. The van der Waals surface area contributed by atoms with Crippen LogP contribution < -0.4 is 5.32 Å². The molecular weight excluding hydrogens is 775 g/mol. The first-order chi connectivity index (χ1) is 30.6. The molecule has 0 spiro atoms. The SMILES string of the molecule is N=C(/C(=C1\NC(c2ccccc2)=Cc2ccccc21)c1ccc(-c2nc(-c3ccccc3)nc(-c3cccc(-c4cccc5sc6ccccc6c45)c3)n2)cc1)c1ccccc1. The minimum absolute atomic E-state index is 0.421. The van der Waals surface area contributed by atoms with Gasteiger partial charge in [-0.15, -0.1) is 11.3 Å². The molecule has 10 aromatic rings. The van der Waals surface area contributed by atoms with Crippen LogP contribution in [-0.4, -0.2) is 20.7 Å². The number of rotatable bonds is 8. The summed E-state index contributed by atoms with van der Waals surface area (Å²) in [4.78, 5) is 15.3. The van der Waals surface area contributed by atoms with Gasteiger partial charge in [0.25, 0.3) is 0 Å². The summed E-state index contributed by atoms with van der Waals surface area (Å²) in [6, 6.07) is 70.7. The highest BCUT2D eigenvalue weighted by molar-refractivity contribution is 7.25. The van der Waals surface area contributed by atoms with Gasteiger partial charge in [-0.05, 0) is 52.1 Å². The molecular formula is C56H37N5S. The van der Waals surface area contributed by atoms with Gasteiger partial charge in [0, 0.05) is 59.3 Å². The van der Waals surface area contributed by atoms with Crippen molar-refractivity contribution in [1.82, 2.24) is 20.3 Å². The molecule has 0 amide bonds. The lowest BCUT2D eigenvalue weighted by molar-refractivity contribution is 1.07. The van der Waals surface area contributed by atoms with E-state index in [1.807, 2.05) is 90.2 Å². The van der Waals surface area contributed by atoms with Crippen LogP contribution in [0.1, 0.15) is 27.8 Å². The Hall–Kier alpha value is -8.06. The zero-order valence-corrected chi connectivity index (χ0v) is 34.3. The Morgan fingerprint density at radius 1 is 0.435 bits per heavy atom. The van der Waals surface area contributed by atoms with Crippen LogP contribution in [0.15, 0.2) is 206 Å². The molecule has 3 heterocycles. The second kappa shape index (κ2) is 15.8. The molecule has 5 nitrogen and oxygen atoms in total. The van der Waals surface area contributed by atoms with Crippen molar-refractivity contribution in [3.05, 3.63) is 234 Å². The number of nitrogens with one attached hydrogen (secondary N) is 2. The van der Waals surface area contributed by atoms with Gasteiger partial charge in [0.05, 0.1) is 11.4 Å². The molecule has 0 bridgehead atoms. The summed E-state index contributed by atoms with van der Waals surface area (Å²) in [6.45, 7) is 0. The molecule has 0 atom stereocenters. The Labute approximate surface area is 363 Å². The fourth-order valence-corrected chi connectivity index (χ4v) is 9.49. The number of benzene rings is 8. The third-order valence-corrected chi connectivity index (χ3v) is 12.5.